The fraction of sp³-hybridized carbons (Fsp3) is 0.471. The smallest absolute Gasteiger partial charge is 0.308 e. The van der Waals surface area contributed by atoms with E-state index in [1.54, 1.807) is 29.2 Å². The van der Waals surface area contributed by atoms with Crippen molar-refractivity contribution in [1.82, 2.24) is 10.2 Å². The Labute approximate surface area is 135 Å². The van der Waals surface area contributed by atoms with Crippen LogP contribution in [0, 0.1) is 5.92 Å². The maximum Gasteiger partial charge on any atom is 0.308 e. The molecule has 1 aliphatic heterocycles. The molecule has 0 spiro atoms. The maximum atomic E-state index is 12.5. The SMILES string of the molecule is CC(C)NC(=O)c1ccc(C(=O)N2CCCC(C(=O)O)C2)cc1. The normalized spacial score (nSPS) is 17.9. The summed E-state index contributed by atoms with van der Waals surface area (Å²) in [5.74, 6) is -1.72. The first-order valence-corrected chi connectivity index (χ1v) is 7.81. The first-order valence-electron chi connectivity index (χ1n) is 7.81. The fourth-order valence-corrected chi connectivity index (χ4v) is 2.66. The number of aliphatic carboxylic acids is 1. The highest BCUT2D eigenvalue weighted by molar-refractivity contribution is 5.98. The second-order valence-corrected chi connectivity index (χ2v) is 6.13. The third-order valence-corrected chi connectivity index (χ3v) is 3.87. The fourth-order valence-electron chi connectivity index (χ4n) is 2.66. The van der Waals surface area contributed by atoms with Crippen LogP contribution in [0.3, 0.4) is 0 Å². The highest BCUT2D eigenvalue weighted by Gasteiger charge is 2.28. The Balaban J connectivity index is 2.05. The molecule has 0 aliphatic carbocycles. The number of carboxylic acid groups (broad SMARTS) is 1. The molecule has 1 heterocycles. The molecule has 0 radical (unpaired) electrons. The lowest BCUT2D eigenvalue weighted by atomic mass is 9.97. The van der Waals surface area contributed by atoms with E-state index in [1.807, 2.05) is 13.8 Å². The van der Waals surface area contributed by atoms with Crippen molar-refractivity contribution in [3.8, 4) is 0 Å². The number of nitrogens with zero attached hydrogens (tertiary/aromatic N) is 1. The Hall–Kier alpha value is -2.37. The van der Waals surface area contributed by atoms with Gasteiger partial charge >= 0.3 is 5.97 Å². The van der Waals surface area contributed by atoms with Gasteiger partial charge in [-0.3, -0.25) is 14.4 Å². The monoisotopic (exact) mass is 318 g/mol. The molecular formula is C17H22N2O4. The van der Waals surface area contributed by atoms with E-state index in [9.17, 15) is 14.4 Å². The molecule has 1 fully saturated rings. The van der Waals surface area contributed by atoms with Crippen LogP contribution in [0.25, 0.3) is 0 Å². The molecule has 1 unspecified atom stereocenters. The molecule has 1 atom stereocenters. The van der Waals surface area contributed by atoms with Gasteiger partial charge < -0.3 is 15.3 Å². The summed E-state index contributed by atoms with van der Waals surface area (Å²) in [7, 11) is 0. The van der Waals surface area contributed by atoms with Gasteiger partial charge in [-0.1, -0.05) is 0 Å². The van der Waals surface area contributed by atoms with Crippen molar-refractivity contribution >= 4 is 17.8 Å². The van der Waals surface area contributed by atoms with Crippen LogP contribution < -0.4 is 5.32 Å². The van der Waals surface area contributed by atoms with E-state index < -0.39 is 11.9 Å². The third-order valence-electron chi connectivity index (χ3n) is 3.87. The number of carbonyl (C=O) groups excluding carboxylic acids is 2. The molecule has 1 saturated heterocycles. The van der Waals surface area contributed by atoms with Crippen LogP contribution in [0.15, 0.2) is 24.3 Å². The number of likely N-dealkylation sites (tertiary alicyclic amines) is 1. The van der Waals surface area contributed by atoms with Gasteiger partial charge in [-0.05, 0) is 51.0 Å². The van der Waals surface area contributed by atoms with Gasteiger partial charge in [0.25, 0.3) is 11.8 Å². The third kappa shape index (κ3) is 4.31. The number of hydrogen-bond acceptors (Lipinski definition) is 3. The minimum absolute atomic E-state index is 0.0464. The zero-order valence-corrected chi connectivity index (χ0v) is 13.4. The minimum atomic E-state index is -0.858. The molecular weight excluding hydrogens is 296 g/mol. The van der Waals surface area contributed by atoms with Crippen molar-refractivity contribution in [1.29, 1.82) is 0 Å². The molecule has 2 N–H and O–H groups in total. The lowest BCUT2D eigenvalue weighted by Crippen LogP contribution is -2.42. The summed E-state index contributed by atoms with van der Waals surface area (Å²) in [4.78, 5) is 37.0. The minimum Gasteiger partial charge on any atom is -0.481 e. The number of benzene rings is 1. The molecule has 1 aromatic carbocycles. The number of nitrogens with one attached hydrogen (secondary N) is 1. The standard InChI is InChI=1S/C17H22N2O4/c1-11(2)18-15(20)12-5-7-13(8-6-12)16(21)19-9-3-4-14(10-19)17(22)23/h5-8,11,14H,3-4,9-10H2,1-2H3,(H,18,20)(H,22,23). The van der Waals surface area contributed by atoms with Gasteiger partial charge in [0.1, 0.15) is 0 Å². The lowest BCUT2D eigenvalue weighted by molar-refractivity contribution is -0.143. The Morgan fingerprint density at radius 3 is 2.35 bits per heavy atom. The van der Waals surface area contributed by atoms with Crippen molar-refractivity contribution in [2.45, 2.75) is 32.7 Å². The van der Waals surface area contributed by atoms with Crippen LogP contribution >= 0.6 is 0 Å². The Morgan fingerprint density at radius 1 is 1.17 bits per heavy atom. The van der Waals surface area contributed by atoms with E-state index in [-0.39, 0.29) is 24.4 Å². The molecule has 1 aromatic rings. The molecule has 0 aromatic heterocycles. The second kappa shape index (κ2) is 7.26. The van der Waals surface area contributed by atoms with Gasteiger partial charge in [-0.15, -0.1) is 0 Å². The van der Waals surface area contributed by atoms with E-state index in [0.717, 1.165) is 0 Å². The highest BCUT2D eigenvalue weighted by atomic mass is 16.4. The maximum absolute atomic E-state index is 12.5. The Kier molecular flexibility index (Phi) is 5.36. The van der Waals surface area contributed by atoms with E-state index in [0.29, 0.717) is 30.5 Å². The van der Waals surface area contributed by atoms with E-state index in [1.165, 1.54) is 0 Å². The Morgan fingerprint density at radius 2 is 1.78 bits per heavy atom. The zero-order chi connectivity index (χ0) is 17.0. The van der Waals surface area contributed by atoms with Crippen LogP contribution in [0.4, 0.5) is 0 Å². The molecule has 2 amide bonds. The second-order valence-electron chi connectivity index (χ2n) is 6.13. The summed E-state index contributed by atoms with van der Waals surface area (Å²) in [5, 5.41) is 11.9. The largest absolute Gasteiger partial charge is 0.481 e. The topological polar surface area (TPSA) is 86.7 Å². The van der Waals surface area contributed by atoms with Crippen molar-refractivity contribution in [3.63, 3.8) is 0 Å². The summed E-state index contributed by atoms with van der Waals surface area (Å²) >= 11 is 0. The Bertz CT molecular complexity index is 595. The first kappa shape index (κ1) is 17.0. The number of piperidine rings is 1. The zero-order valence-electron chi connectivity index (χ0n) is 13.4. The average molecular weight is 318 g/mol. The van der Waals surface area contributed by atoms with E-state index in [2.05, 4.69) is 5.32 Å². The molecule has 23 heavy (non-hydrogen) atoms. The van der Waals surface area contributed by atoms with Crippen LogP contribution in [0.2, 0.25) is 0 Å². The summed E-state index contributed by atoms with van der Waals surface area (Å²) in [5.41, 5.74) is 0.967. The van der Waals surface area contributed by atoms with Gasteiger partial charge in [-0.25, -0.2) is 0 Å². The highest BCUT2D eigenvalue weighted by Crippen LogP contribution is 2.19. The lowest BCUT2D eigenvalue weighted by Gasteiger charge is -2.30. The van der Waals surface area contributed by atoms with Gasteiger partial charge in [-0.2, -0.15) is 0 Å². The van der Waals surface area contributed by atoms with Crippen LogP contribution in [-0.2, 0) is 4.79 Å². The number of carboxylic acids is 1. The number of hydrogen-bond donors (Lipinski definition) is 2. The number of carbonyl (C=O) groups is 3. The predicted molar refractivity (Wildman–Crippen MR) is 85.3 cm³/mol. The molecule has 1 aliphatic rings. The average Bonchev–Trinajstić information content (AvgIpc) is 2.53. The van der Waals surface area contributed by atoms with Gasteiger partial charge in [0, 0.05) is 30.3 Å². The summed E-state index contributed by atoms with van der Waals surface area (Å²) in [6, 6.07) is 6.50. The summed E-state index contributed by atoms with van der Waals surface area (Å²) in [6.45, 7) is 4.57. The molecule has 6 nitrogen and oxygen atoms in total. The molecule has 6 heteroatoms. The van der Waals surface area contributed by atoms with Crippen molar-refractivity contribution in [2.24, 2.45) is 5.92 Å². The van der Waals surface area contributed by atoms with Crippen LogP contribution in [0.1, 0.15) is 47.4 Å². The van der Waals surface area contributed by atoms with Crippen LogP contribution in [-0.4, -0.2) is 46.9 Å². The van der Waals surface area contributed by atoms with E-state index >= 15 is 0 Å². The molecule has 0 bridgehead atoms. The summed E-state index contributed by atoms with van der Waals surface area (Å²) in [6.07, 6.45) is 1.30. The number of rotatable bonds is 4. The van der Waals surface area contributed by atoms with Gasteiger partial charge in [0.2, 0.25) is 0 Å². The van der Waals surface area contributed by atoms with Crippen LogP contribution in [0.5, 0.6) is 0 Å². The molecule has 2 rings (SSSR count). The summed E-state index contributed by atoms with van der Waals surface area (Å²) < 4.78 is 0. The molecule has 0 saturated carbocycles. The van der Waals surface area contributed by atoms with Gasteiger partial charge in [0.15, 0.2) is 0 Å². The van der Waals surface area contributed by atoms with Crippen molar-refractivity contribution in [3.05, 3.63) is 35.4 Å². The van der Waals surface area contributed by atoms with E-state index in [4.69, 9.17) is 5.11 Å². The van der Waals surface area contributed by atoms with Crippen molar-refractivity contribution in [2.75, 3.05) is 13.1 Å². The molecule has 124 valence electrons. The predicted octanol–water partition coefficient (Wildman–Crippen LogP) is 1.76. The quantitative estimate of drug-likeness (QED) is 0.885. The van der Waals surface area contributed by atoms with Crippen molar-refractivity contribution < 1.29 is 19.5 Å². The number of amides is 2. The van der Waals surface area contributed by atoms with Gasteiger partial charge in [0.05, 0.1) is 5.92 Å². The first-order chi connectivity index (χ1) is 10.9.